The number of rotatable bonds is 2. The standard InChI is InChI=1S/C9H6FNO2S/c1-13-9(12)7-4-6(10)2-3-8(7)11-5-14/h2-4H,1H3. The Labute approximate surface area is 85.2 Å². The van der Waals surface area contributed by atoms with Gasteiger partial charge in [-0.15, -0.1) is 0 Å². The van der Waals surface area contributed by atoms with E-state index in [1.807, 2.05) is 0 Å². The summed E-state index contributed by atoms with van der Waals surface area (Å²) in [6, 6.07) is 3.55. The van der Waals surface area contributed by atoms with Gasteiger partial charge in [0.1, 0.15) is 5.82 Å². The molecule has 5 heteroatoms. The molecule has 0 spiro atoms. The SMILES string of the molecule is COC(=O)c1cc(F)ccc1N=C=S. The second-order valence-corrected chi connectivity index (χ2v) is 2.54. The van der Waals surface area contributed by atoms with Crippen molar-refractivity contribution < 1.29 is 13.9 Å². The molecule has 0 aromatic heterocycles. The number of hydrogen-bond acceptors (Lipinski definition) is 4. The van der Waals surface area contributed by atoms with Crippen molar-refractivity contribution in [2.45, 2.75) is 0 Å². The fourth-order valence-corrected chi connectivity index (χ4v) is 1.03. The predicted octanol–water partition coefficient (Wildman–Crippen LogP) is 2.35. The number of nitrogens with zero attached hydrogens (tertiary/aromatic N) is 1. The van der Waals surface area contributed by atoms with Gasteiger partial charge in [-0.25, -0.2) is 9.18 Å². The Morgan fingerprint density at radius 3 is 2.93 bits per heavy atom. The summed E-state index contributed by atoms with van der Waals surface area (Å²) < 4.78 is 17.2. The molecule has 0 unspecified atom stereocenters. The molecule has 14 heavy (non-hydrogen) atoms. The van der Waals surface area contributed by atoms with Crippen molar-refractivity contribution in [3.05, 3.63) is 29.6 Å². The fourth-order valence-electron chi connectivity index (χ4n) is 0.928. The maximum Gasteiger partial charge on any atom is 0.340 e. The quantitative estimate of drug-likeness (QED) is 0.428. The number of carbonyl (C=O) groups is 1. The number of hydrogen-bond donors (Lipinski definition) is 0. The number of benzene rings is 1. The molecule has 3 nitrogen and oxygen atoms in total. The number of ether oxygens (including phenoxy) is 1. The highest BCUT2D eigenvalue weighted by atomic mass is 32.1. The average Bonchev–Trinajstić information content (AvgIpc) is 2.20. The number of esters is 1. The summed E-state index contributed by atoms with van der Waals surface area (Å²) in [5.74, 6) is -1.19. The van der Waals surface area contributed by atoms with E-state index in [1.54, 1.807) is 0 Å². The van der Waals surface area contributed by atoms with Gasteiger partial charge in [0.2, 0.25) is 0 Å². The minimum atomic E-state index is -0.659. The number of halogens is 1. The lowest BCUT2D eigenvalue weighted by molar-refractivity contribution is 0.0601. The first-order valence-electron chi connectivity index (χ1n) is 3.64. The van der Waals surface area contributed by atoms with Gasteiger partial charge in [0, 0.05) is 0 Å². The van der Waals surface area contributed by atoms with Crippen molar-refractivity contribution in [3.8, 4) is 0 Å². The van der Waals surface area contributed by atoms with Crippen molar-refractivity contribution in [2.24, 2.45) is 4.99 Å². The first-order chi connectivity index (χ1) is 6.69. The molecule has 1 aromatic rings. The molecule has 0 bridgehead atoms. The third-order valence-corrected chi connectivity index (χ3v) is 1.62. The maximum atomic E-state index is 12.8. The predicted molar refractivity (Wildman–Crippen MR) is 52.4 cm³/mol. The van der Waals surface area contributed by atoms with E-state index in [1.165, 1.54) is 19.2 Å². The molecule has 0 amide bonds. The number of isothiocyanates is 1. The highest BCUT2D eigenvalue weighted by molar-refractivity contribution is 7.78. The molecular weight excluding hydrogens is 205 g/mol. The molecule has 0 aliphatic rings. The van der Waals surface area contributed by atoms with Crippen LogP contribution in [0.4, 0.5) is 10.1 Å². The molecule has 0 atom stereocenters. The minimum Gasteiger partial charge on any atom is -0.465 e. The summed E-state index contributed by atoms with van der Waals surface area (Å²) in [6.07, 6.45) is 0. The fraction of sp³-hybridized carbons (Fsp3) is 0.111. The molecular formula is C9H6FNO2S. The topological polar surface area (TPSA) is 38.7 Å². The summed E-state index contributed by atoms with van der Waals surface area (Å²) in [5, 5.41) is 2.10. The molecule has 0 fully saturated rings. The zero-order valence-corrected chi connectivity index (χ0v) is 8.10. The van der Waals surface area contributed by atoms with Gasteiger partial charge in [-0.2, -0.15) is 4.99 Å². The Balaban J connectivity index is 3.28. The number of thiocarbonyl (C=S) groups is 1. The lowest BCUT2D eigenvalue weighted by atomic mass is 10.2. The van der Waals surface area contributed by atoms with E-state index in [4.69, 9.17) is 0 Å². The van der Waals surface area contributed by atoms with Crippen LogP contribution in [0.1, 0.15) is 10.4 Å². The molecule has 0 heterocycles. The van der Waals surface area contributed by atoms with Gasteiger partial charge in [0.25, 0.3) is 0 Å². The Hall–Kier alpha value is -1.58. The highest BCUT2D eigenvalue weighted by Crippen LogP contribution is 2.20. The number of carbonyl (C=O) groups excluding carboxylic acids is 1. The number of methoxy groups -OCH3 is 1. The van der Waals surface area contributed by atoms with E-state index in [0.717, 1.165) is 6.07 Å². The van der Waals surface area contributed by atoms with Crippen LogP contribution in [-0.2, 0) is 4.74 Å². The third kappa shape index (κ3) is 2.22. The molecule has 0 radical (unpaired) electrons. The largest absolute Gasteiger partial charge is 0.465 e. The second-order valence-electron chi connectivity index (χ2n) is 2.36. The van der Waals surface area contributed by atoms with Crippen molar-refractivity contribution in [1.29, 1.82) is 0 Å². The summed E-state index contributed by atoms with van der Waals surface area (Å²) in [7, 11) is 1.21. The van der Waals surface area contributed by atoms with Crippen LogP contribution >= 0.6 is 12.2 Å². The molecule has 72 valence electrons. The van der Waals surface area contributed by atoms with Gasteiger partial charge in [-0.3, -0.25) is 0 Å². The Morgan fingerprint density at radius 1 is 1.64 bits per heavy atom. The molecule has 0 saturated carbocycles. The molecule has 0 aliphatic carbocycles. The van der Waals surface area contributed by atoms with Crippen molar-refractivity contribution >= 4 is 29.0 Å². The van der Waals surface area contributed by atoms with E-state index in [9.17, 15) is 9.18 Å². The van der Waals surface area contributed by atoms with Crippen LogP contribution in [-0.4, -0.2) is 18.2 Å². The van der Waals surface area contributed by atoms with Gasteiger partial charge in [0.05, 0.1) is 23.5 Å². The zero-order valence-electron chi connectivity index (χ0n) is 7.28. The van der Waals surface area contributed by atoms with Gasteiger partial charge >= 0.3 is 5.97 Å². The van der Waals surface area contributed by atoms with Crippen LogP contribution in [0, 0.1) is 5.82 Å². The van der Waals surface area contributed by atoms with E-state index >= 15 is 0 Å². The first kappa shape index (κ1) is 10.5. The van der Waals surface area contributed by atoms with E-state index in [2.05, 4.69) is 27.1 Å². The van der Waals surface area contributed by atoms with E-state index in [-0.39, 0.29) is 11.3 Å². The molecule has 1 rings (SSSR count). The van der Waals surface area contributed by atoms with E-state index < -0.39 is 11.8 Å². The zero-order chi connectivity index (χ0) is 10.6. The van der Waals surface area contributed by atoms with Gasteiger partial charge in [0.15, 0.2) is 0 Å². The van der Waals surface area contributed by atoms with Gasteiger partial charge in [-0.1, -0.05) is 0 Å². The summed E-state index contributed by atoms with van der Waals surface area (Å²) >= 11 is 4.39. The van der Waals surface area contributed by atoms with Gasteiger partial charge in [-0.05, 0) is 30.4 Å². The normalized spacial score (nSPS) is 9.00. The Kier molecular flexibility index (Phi) is 3.45. The van der Waals surface area contributed by atoms with Crippen molar-refractivity contribution in [1.82, 2.24) is 0 Å². The summed E-state index contributed by atoms with van der Waals surface area (Å²) in [4.78, 5) is 14.8. The third-order valence-electron chi connectivity index (χ3n) is 1.53. The maximum absolute atomic E-state index is 12.8. The summed E-state index contributed by atoms with van der Waals surface area (Å²) in [6.45, 7) is 0. The van der Waals surface area contributed by atoms with Crippen molar-refractivity contribution in [2.75, 3.05) is 7.11 Å². The highest BCUT2D eigenvalue weighted by Gasteiger charge is 2.11. The second kappa shape index (κ2) is 4.60. The molecule has 0 saturated heterocycles. The smallest absolute Gasteiger partial charge is 0.340 e. The molecule has 0 aliphatic heterocycles. The van der Waals surface area contributed by atoms with E-state index in [0.29, 0.717) is 0 Å². The van der Waals surface area contributed by atoms with Gasteiger partial charge < -0.3 is 4.74 Å². The first-order valence-corrected chi connectivity index (χ1v) is 4.05. The van der Waals surface area contributed by atoms with Crippen LogP contribution in [0.25, 0.3) is 0 Å². The summed E-state index contributed by atoms with van der Waals surface area (Å²) in [5.41, 5.74) is 0.276. The average molecular weight is 211 g/mol. The van der Waals surface area contributed by atoms with Crippen LogP contribution < -0.4 is 0 Å². The van der Waals surface area contributed by atoms with Crippen LogP contribution in [0.5, 0.6) is 0 Å². The van der Waals surface area contributed by atoms with Crippen molar-refractivity contribution in [3.63, 3.8) is 0 Å². The Bertz CT molecular complexity index is 413. The lowest BCUT2D eigenvalue weighted by Gasteiger charge is -2.01. The van der Waals surface area contributed by atoms with Crippen LogP contribution in [0.15, 0.2) is 23.2 Å². The Morgan fingerprint density at radius 2 is 2.36 bits per heavy atom. The lowest BCUT2D eigenvalue weighted by Crippen LogP contribution is -2.01. The number of aliphatic imine (C=N–C) groups is 1. The monoisotopic (exact) mass is 211 g/mol. The van der Waals surface area contributed by atoms with Crippen LogP contribution in [0.2, 0.25) is 0 Å². The van der Waals surface area contributed by atoms with Crippen LogP contribution in [0.3, 0.4) is 0 Å². The molecule has 1 aromatic carbocycles. The molecule has 0 N–H and O–H groups in total. The minimum absolute atomic E-state index is 0.0323.